The van der Waals surface area contributed by atoms with E-state index in [1.165, 1.54) is 23.4 Å². The van der Waals surface area contributed by atoms with Gasteiger partial charge in [-0.1, -0.05) is 23.2 Å². The average molecular weight is 488 g/mol. The van der Waals surface area contributed by atoms with Crippen molar-refractivity contribution < 1.29 is 9.53 Å². The minimum atomic E-state index is -0.467. The van der Waals surface area contributed by atoms with Gasteiger partial charge in [0.05, 0.1) is 46.9 Å². The highest BCUT2D eigenvalue weighted by Gasteiger charge is 2.21. The van der Waals surface area contributed by atoms with Crippen LogP contribution in [0.15, 0.2) is 36.9 Å². The summed E-state index contributed by atoms with van der Waals surface area (Å²) in [4.78, 5) is 22.7. The second-order valence-electron chi connectivity index (χ2n) is 7.54. The van der Waals surface area contributed by atoms with Gasteiger partial charge in [-0.25, -0.2) is 19.3 Å². The number of pyridine rings is 1. The molecule has 33 heavy (non-hydrogen) atoms. The molecule has 1 fully saturated rings. The van der Waals surface area contributed by atoms with E-state index in [-0.39, 0.29) is 0 Å². The number of aromatic nitrogens is 7. The molecule has 5 heterocycles. The lowest BCUT2D eigenvalue weighted by molar-refractivity contribution is 0.0661. The van der Waals surface area contributed by atoms with Gasteiger partial charge in [-0.3, -0.25) is 0 Å². The van der Waals surface area contributed by atoms with Crippen molar-refractivity contribution in [2.45, 2.75) is 19.3 Å². The number of fused-ring (bicyclic) bond motifs is 1. The first-order valence-electron chi connectivity index (χ1n) is 10.3. The fourth-order valence-corrected chi connectivity index (χ4v) is 4.15. The quantitative estimate of drug-likeness (QED) is 0.440. The summed E-state index contributed by atoms with van der Waals surface area (Å²) in [6, 6.07) is 2.79. The number of ether oxygens (including phenoxy) is 1. The molecule has 0 unspecified atom stereocenters. The Bertz CT molecular complexity index is 1290. The molecule has 2 N–H and O–H groups in total. The van der Waals surface area contributed by atoms with Crippen LogP contribution in [-0.2, 0) is 11.2 Å². The number of nitrogens with zero attached hydrogens (tertiary/aromatic N) is 7. The largest absolute Gasteiger partial charge is 0.381 e. The normalized spacial score (nSPS) is 14.5. The van der Waals surface area contributed by atoms with Crippen LogP contribution in [0.4, 0.5) is 16.2 Å². The molecule has 4 aromatic rings. The number of rotatable bonds is 5. The standard InChI is InChI=1S/C20H19Cl2N9O2/c21-14-8-13(10-24-19(14)31-25-3-4-26-31)27-20(32)28-15-11-23-18-9-17(22)29-30(18)16(15)7-12-1-5-33-6-2-12/h3-4,8-12H,1-2,5-7H2,(H2,27,28,32). The van der Waals surface area contributed by atoms with Crippen molar-refractivity contribution in [1.29, 1.82) is 0 Å². The lowest BCUT2D eigenvalue weighted by Crippen LogP contribution is -2.24. The molecule has 4 aromatic heterocycles. The van der Waals surface area contributed by atoms with Crippen LogP contribution in [0.5, 0.6) is 0 Å². The maximum absolute atomic E-state index is 12.8. The van der Waals surface area contributed by atoms with Gasteiger partial charge in [0, 0.05) is 19.3 Å². The Kier molecular flexibility index (Phi) is 6.07. The minimum absolute atomic E-state index is 0.290. The van der Waals surface area contributed by atoms with Crippen LogP contribution in [-0.4, -0.2) is 53.8 Å². The predicted octanol–water partition coefficient (Wildman–Crippen LogP) is 3.62. The molecule has 0 atom stereocenters. The van der Waals surface area contributed by atoms with Crippen LogP contribution in [0.25, 0.3) is 11.5 Å². The molecular weight excluding hydrogens is 469 g/mol. The van der Waals surface area contributed by atoms with Crippen LogP contribution >= 0.6 is 23.2 Å². The monoisotopic (exact) mass is 487 g/mol. The molecule has 2 amide bonds. The summed E-state index contributed by atoms with van der Waals surface area (Å²) in [6.45, 7) is 1.44. The van der Waals surface area contributed by atoms with Crippen molar-refractivity contribution >= 4 is 46.3 Å². The van der Waals surface area contributed by atoms with Crippen molar-refractivity contribution in [2.24, 2.45) is 5.92 Å². The second kappa shape index (κ2) is 9.30. The average Bonchev–Trinajstić information content (AvgIpc) is 3.46. The van der Waals surface area contributed by atoms with Gasteiger partial charge in [0.15, 0.2) is 16.6 Å². The fourth-order valence-electron chi connectivity index (χ4n) is 3.73. The van der Waals surface area contributed by atoms with Crippen LogP contribution in [0.2, 0.25) is 10.2 Å². The van der Waals surface area contributed by atoms with Crippen molar-refractivity contribution in [2.75, 3.05) is 23.8 Å². The van der Waals surface area contributed by atoms with Crippen molar-refractivity contribution in [3.05, 3.63) is 52.8 Å². The van der Waals surface area contributed by atoms with Crippen molar-refractivity contribution in [3.63, 3.8) is 0 Å². The summed E-state index contributed by atoms with van der Waals surface area (Å²) in [6.07, 6.45) is 8.70. The van der Waals surface area contributed by atoms with Gasteiger partial charge in [0.2, 0.25) is 0 Å². The van der Waals surface area contributed by atoms with Gasteiger partial charge >= 0.3 is 6.03 Å². The zero-order valence-electron chi connectivity index (χ0n) is 17.3. The molecule has 0 aliphatic carbocycles. The third-order valence-electron chi connectivity index (χ3n) is 5.31. The number of hydrogen-bond acceptors (Lipinski definition) is 7. The fraction of sp³-hybridized carbons (Fsp3) is 0.300. The van der Waals surface area contributed by atoms with E-state index in [0.29, 0.717) is 45.4 Å². The van der Waals surface area contributed by atoms with Gasteiger partial charge in [-0.05, 0) is 31.2 Å². The van der Waals surface area contributed by atoms with E-state index >= 15 is 0 Å². The van der Waals surface area contributed by atoms with E-state index in [2.05, 4.69) is 35.9 Å². The number of carbonyl (C=O) groups is 1. The first-order valence-corrected chi connectivity index (χ1v) is 11.0. The minimum Gasteiger partial charge on any atom is -0.381 e. The van der Waals surface area contributed by atoms with E-state index < -0.39 is 6.03 Å². The summed E-state index contributed by atoms with van der Waals surface area (Å²) in [5, 5.41) is 18.6. The molecule has 1 aliphatic heterocycles. The SMILES string of the molecule is O=C(Nc1cnc(-n2nccn2)c(Cl)c1)Nc1cnc2cc(Cl)nn2c1CC1CCOCC1. The highest BCUT2D eigenvalue weighted by atomic mass is 35.5. The molecule has 0 spiro atoms. The highest BCUT2D eigenvalue weighted by molar-refractivity contribution is 6.32. The number of amides is 2. The molecule has 11 nitrogen and oxygen atoms in total. The Hall–Kier alpha value is -3.28. The van der Waals surface area contributed by atoms with E-state index in [9.17, 15) is 4.79 Å². The molecule has 0 radical (unpaired) electrons. The maximum Gasteiger partial charge on any atom is 0.323 e. The number of nitrogens with one attached hydrogen (secondary N) is 2. The van der Waals surface area contributed by atoms with E-state index in [1.807, 2.05) is 0 Å². The van der Waals surface area contributed by atoms with Gasteiger partial charge in [0.1, 0.15) is 0 Å². The lowest BCUT2D eigenvalue weighted by atomic mass is 9.94. The molecule has 0 bridgehead atoms. The summed E-state index contributed by atoms with van der Waals surface area (Å²) in [5.41, 5.74) is 2.40. The van der Waals surface area contributed by atoms with E-state index in [1.54, 1.807) is 22.8 Å². The Morgan fingerprint density at radius 2 is 1.88 bits per heavy atom. The van der Waals surface area contributed by atoms with E-state index in [4.69, 9.17) is 27.9 Å². The molecular formula is C20H19Cl2N9O2. The zero-order valence-corrected chi connectivity index (χ0v) is 18.8. The molecule has 1 saturated heterocycles. The molecule has 170 valence electrons. The Labute approximate surface area is 198 Å². The van der Waals surface area contributed by atoms with Crippen LogP contribution < -0.4 is 10.6 Å². The Morgan fingerprint density at radius 3 is 2.64 bits per heavy atom. The second-order valence-corrected chi connectivity index (χ2v) is 8.34. The van der Waals surface area contributed by atoms with Crippen LogP contribution in [0.1, 0.15) is 18.5 Å². The van der Waals surface area contributed by atoms with Crippen LogP contribution in [0, 0.1) is 5.92 Å². The number of anilines is 2. The topological polar surface area (TPSA) is 124 Å². The highest BCUT2D eigenvalue weighted by Crippen LogP contribution is 2.26. The van der Waals surface area contributed by atoms with Crippen LogP contribution in [0.3, 0.4) is 0 Å². The summed E-state index contributed by atoms with van der Waals surface area (Å²) in [7, 11) is 0. The zero-order chi connectivity index (χ0) is 22.8. The van der Waals surface area contributed by atoms with Crippen molar-refractivity contribution in [1.82, 2.24) is 34.6 Å². The Morgan fingerprint density at radius 1 is 1.09 bits per heavy atom. The molecule has 0 aromatic carbocycles. The molecule has 1 aliphatic rings. The maximum atomic E-state index is 12.8. The first-order chi connectivity index (χ1) is 16.1. The van der Waals surface area contributed by atoms with Gasteiger partial charge in [-0.2, -0.15) is 15.3 Å². The first kappa shape index (κ1) is 21.6. The predicted molar refractivity (Wildman–Crippen MR) is 122 cm³/mol. The summed E-state index contributed by atoms with van der Waals surface area (Å²) in [5.74, 6) is 0.763. The third-order valence-corrected chi connectivity index (χ3v) is 5.77. The van der Waals surface area contributed by atoms with Crippen molar-refractivity contribution in [3.8, 4) is 5.82 Å². The van der Waals surface area contributed by atoms with Gasteiger partial charge in [-0.15, -0.1) is 4.80 Å². The third kappa shape index (κ3) is 4.75. The number of carbonyl (C=O) groups excluding carboxylic acids is 1. The lowest BCUT2D eigenvalue weighted by Gasteiger charge is -2.23. The van der Waals surface area contributed by atoms with E-state index in [0.717, 1.165) is 31.7 Å². The number of urea groups is 1. The smallest absolute Gasteiger partial charge is 0.323 e. The van der Waals surface area contributed by atoms with Gasteiger partial charge < -0.3 is 15.4 Å². The Balaban J connectivity index is 1.36. The molecule has 5 rings (SSSR count). The summed E-state index contributed by atoms with van der Waals surface area (Å²) >= 11 is 12.4. The molecule has 0 saturated carbocycles. The number of hydrogen-bond donors (Lipinski definition) is 2. The summed E-state index contributed by atoms with van der Waals surface area (Å²) < 4.78 is 7.15. The molecule has 13 heteroatoms. The van der Waals surface area contributed by atoms with Gasteiger partial charge in [0.25, 0.3) is 0 Å². The number of halogens is 2.